The molecule has 0 spiro atoms. The third-order valence-electron chi connectivity index (χ3n) is 1.81. The van der Waals surface area contributed by atoms with Gasteiger partial charge in [-0.05, 0) is 20.8 Å². The average molecular weight is 253 g/mol. The Morgan fingerprint density at radius 3 is 2.18 bits per heavy atom. The highest BCUT2D eigenvalue weighted by Crippen LogP contribution is 2.37. The summed E-state index contributed by atoms with van der Waals surface area (Å²) >= 11 is 0. The van der Waals surface area contributed by atoms with E-state index in [0.29, 0.717) is 0 Å². The maximum Gasteiger partial charge on any atom is 0.407 e. The quantitative estimate of drug-likeness (QED) is 0.701. The summed E-state index contributed by atoms with van der Waals surface area (Å²) in [5.74, 6) is -2.61. The number of halogens is 2. The molecule has 0 aromatic carbocycles. The summed E-state index contributed by atoms with van der Waals surface area (Å²) in [6.45, 7) is 4.92. The van der Waals surface area contributed by atoms with Gasteiger partial charge in [-0.2, -0.15) is 0 Å². The molecule has 7 heteroatoms. The summed E-state index contributed by atoms with van der Waals surface area (Å²) in [4.78, 5) is 19.5. The molecule has 0 aliphatic heterocycles. The van der Waals surface area contributed by atoms with Gasteiger partial charge < -0.3 is 15.2 Å². The zero-order valence-electron chi connectivity index (χ0n) is 10.00. The Kier molecular flexibility index (Phi) is 5.31. The van der Waals surface area contributed by atoms with Crippen molar-refractivity contribution in [2.75, 3.05) is 0 Å². The molecule has 1 fully saturated rings. The maximum absolute atomic E-state index is 12.4. The lowest BCUT2D eigenvalue weighted by Crippen LogP contribution is -2.51. The summed E-state index contributed by atoms with van der Waals surface area (Å²) < 4.78 is 29.7. The number of rotatable bonds is 1. The van der Waals surface area contributed by atoms with E-state index in [9.17, 15) is 13.6 Å². The van der Waals surface area contributed by atoms with Crippen LogP contribution in [0.15, 0.2) is 0 Å². The van der Waals surface area contributed by atoms with Crippen LogP contribution in [0.1, 0.15) is 33.6 Å². The molecule has 1 amide bonds. The smallest absolute Gasteiger partial charge is 0.407 e. The van der Waals surface area contributed by atoms with Crippen molar-refractivity contribution < 1.29 is 28.2 Å². The van der Waals surface area contributed by atoms with Crippen molar-refractivity contribution in [3.63, 3.8) is 0 Å². The molecule has 100 valence electrons. The molecule has 0 bridgehead atoms. The number of alkyl carbamates (subject to hydrolysis) is 1. The Labute approximate surface area is 98.1 Å². The molecule has 0 heterocycles. The molecular weight excluding hydrogens is 236 g/mol. The van der Waals surface area contributed by atoms with E-state index < -0.39 is 23.7 Å². The second-order valence-corrected chi connectivity index (χ2v) is 4.71. The molecule has 5 nitrogen and oxygen atoms in total. The van der Waals surface area contributed by atoms with Crippen LogP contribution in [0.2, 0.25) is 0 Å². The number of carbonyl (C=O) groups excluding carboxylic acids is 1. The largest absolute Gasteiger partial charge is 0.483 e. The average Bonchev–Trinajstić information content (AvgIpc) is 1.97. The van der Waals surface area contributed by atoms with E-state index in [4.69, 9.17) is 14.6 Å². The van der Waals surface area contributed by atoms with E-state index >= 15 is 0 Å². The van der Waals surface area contributed by atoms with Crippen LogP contribution >= 0.6 is 0 Å². The normalized spacial score (nSPS) is 18.2. The van der Waals surface area contributed by atoms with E-state index in [1.165, 1.54) is 0 Å². The first kappa shape index (κ1) is 15.6. The molecule has 1 aliphatic carbocycles. The van der Waals surface area contributed by atoms with Crippen molar-refractivity contribution in [1.82, 2.24) is 5.32 Å². The second-order valence-electron chi connectivity index (χ2n) is 4.71. The number of alkyl halides is 2. The van der Waals surface area contributed by atoms with E-state index in [1.807, 2.05) is 0 Å². The van der Waals surface area contributed by atoms with Gasteiger partial charge in [0.1, 0.15) is 5.60 Å². The minimum atomic E-state index is -2.61. The fourth-order valence-electron chi connectivity index (χ4n) is 1.24. The highest BCUT2D eigenvalue weighted by atomic mass is 19.3. The van der Waals surface area contributed by atoms with Crippen LogP contribution in [-0.2, 0) is 9.53 Å². The van der Waals surface area contributed by atoms with Gasteiger partial charge in [0.15, 0.2) is 0 Å². The molecule has 1 saturated carbocycles. The lowest BCUT2D eigenvalue weighted by Gasteiger charge is -2.35. The number of nitrogens with one attached hydrogen (secondary N) is 1. The molecule has 0 saturated heterocycles. The van der Waals surface area contributed by atoms with Crippen molar-refractivity contribution in [2.45, 2.75) is 51.2 Å². The van der Waals surface area contributed by atoms with Gasteiger partial charge in [-0.1, -0.05) is 0 Å². The lowest BCUT2D eigenvalue weighted by atomic mass is 9.88. The van der Waals surface area contributed by atoms with Gasteiger partial charge in [0.2, 0.25) is 0 Å². The van der Waals surface area contributed by atoms with Gasteiger partial charge in [0.25, 0.3) is 12.4 Å². The number of hydrogen-bond donors (Lipinski definition) is 2. The van der Waals surface area contributed by atoms with E-state index in [-0.39, 0.29) is 19.3 Å². The minimum absolute atomic E-state index is 0.250. The van der Waals surface area contributed by atoms with Gasteiger partial charge in [-0.15, -0.1) is 0 Å². The zero-order valence-corrected chi connectivity index (χ0v) is 10.00. The number of carbonyl (C=O) groups is 2. The maximum atomic E-state index is 12.4. The van der Waals surface area contributed by atoms with Crippen molar-refractivity contribution in [1.29, 1.82) is 0 Å². The van der Waals surface area contributed by atoms with Gasteiger partial charge in [-0.3, -0.25) is 4.79 Å². The molecule has 0 aromatic heterocycles. The standard InChI is InChI=1S/C9H15F2NO2.CH2O2/c1-8(2,3)14-7(13)12-6-4-9(10,11)5-6;2-1-3/h6H,4-5H2,1-3H3,(H,12,13);1H,(H,2,3). The van der Waals surface area contributed by atoms with Crippen molar-refractivity contribution in [2.24, 2.45) is 0 Å². The topological polar surface area (TPSA) is 75.6 Å². The highest BCUT2D eigenvalue weighted by molar-refractivity contribution is 5.68. The van der Waals surface area contributed by atoms with Crippen molar-refractivity contribution >= 4 is 12.6 Å². The summed E-state index contributed by atoms with van der Waals surface area (Å²) in [6, 6.07) is -0.445. The molecule has 0 atom stereocenters. The SMILES string of the molecule is CC(C)(C)OC(=O)NC1CC(F)(F)C1.O=CO. The fourth-order valence-corrected chi connectivity index (χ4v) is 1.24. The van der Waals surface area contributed by atoms with E-state index in [2.05, 4.69) is 5.32 Å². The number of hydrogen-bond acceptors (Lipinski definition) is 3. The van der Waals surface area contributed by atoms with Crippen LogP contribution in [0.5, 0.6) is 0 Å². The first-order valence-corrected chi connectivity index (χ1v) is 5.05. The molecule has 0 unspecified atom stereocenters. The zero-order chi connectivity index (χ0) is 13.7. The van der Waals surface area contributed by atoms with Crippen LogP contribution in [0.25, 0.3) is 0 Å². The summed E-state index contributed by atoms with van der Waals surface area (Å²) in [5, 5.41) is 9.28. The first-order chi connectivity index (χ1) is 7.59. The van der Waals surface area contributed by atoms with Gasteiger partial charge in [0, 0.05) is 18.9 Å². The molecule has 1 rings (SSSR count). The Balaban J connectivity index is 0.000000770. The van der Waals surface area contributed by atoms with Gasteiger partial charge >= 0.3 is 6.09 Å². The van der Waals surface area contributed by atoms with E-state index in [1.54, 1.807) is 20.8 Å². The molecule has 17 heavy (non-hydrogen) atoms. The molecule has 0 radical (unpaired) electrons. The summed E-state index contributed by atoms with van der Waals surface area (Å²) in [5.41, 5.74) is -0.587. The Morgan fingerprint density at radius 1 is 1.47 bits per heavy atom. The third-order valence-corrected chi connectivity index (χ3v) is 1.81. The van der Waals surface area contributed by atoms with Gasteiger partial charge in [-0.25, -0.2) is 13.6 Å². The fraction of sp³-hybridized carbons (Fsp3) is 0.800. The summed E-state index contributed by atoms with van der Waals surface area (Å²) in [6.07, 6.45) is -1.20. The summed E-state index contributed by atoms with van der Waals surface area (Å²) in [7, 11) is 0. The predicted octanol–water partition coefficient (Wildman–Crippen LogP) is 2.01. The van der Waals surface area contributed by atoms with Crippen LogP contribution in [0.4, 0.5) is 13.6 Å². The highest BCUT2D eigenvalue weighted by Gasteiger charge is 2.46. The Bertz CT molecular complexity index is 268. The first-order valence-electron chi connectivity index (χ1n) is 5.05. The van der Waals surface area contributed by atoms with Crippen molar-refractivity contribution in [3.8, 4) is 0 Å². The second kappa shape index (κ2) is 5.79. The van der Waals surface area contributed by atoms with Crippen LogP contribution in [0, 0.1) is 0 Å². The van der Waals surface area contributed by atoms with E-state index in [0.717, 1.165) is 0 Å². The number of carboxylic acid groups (broad SMARTS) is 1. The Hall–Kier alpha value is -1.40. The Morgan fingerprint density at radius 2 is 1.88 bits per heavy atom. The molecular formula is C10H17F2NO4. The van der Waals surface area contributed by atoms with Crippen LogP contribution in [-0.4, -0.2) is 35.2 Å². The number of ether oxygens (including phenoxy) is 1. The van der Waals surface area contributed by atoms with Gasteiger partial charge in [0.05, 0.1) is 0 Å². The lowest BCUT2D eigenvalue weighted by molar-refractivity contribution is -0.122. The molecule has 0 aromatic rings. The minimum Gasteiger partial charge on any atom is -0.483 e. The van der Waals surface area contributed by atoms with Crippen LogP contribution in [0.3, 0.4) is 0 Å². The molecule has 2 N–H and O–H groups in total. The van der Waals surface area contributed by atoms with Crippen molar-refractivity contribution in [3.05, 3.63) is 0 Å². The monoisotopic (exact) mass is 253 g/mol. The molecule has 1 aliphatic rings. The third kappa shape index (κ3) is 7.48. The predicted molar refractivity (Wildman–Crippen MR) is 56.0 cm³/mol. The number of amides is 1. The van der Waals surface area contributed by atoms with Crippen LogP contribution < -0.4 is 5.32 Å².